The van der Waals surface area contributed by atoms with Gasteiger partial charge in [-0.1, -0.05) is 0 Å². The van der Waals surface area contributed by atoms with E-state index in [0.717, 1.165) is 5.03 Å². The quantitative estimate of drug-likeness (QED) is 0.518. The molecule has 1 heterocycles. The van der Waals surface area contributed by atoms with Gasteiger partial charge in [-0.15, -0.1) is 16.8 Å². The van der Waals surface area contributed by atoms with Crippen LogP contribution in [0, 0.1) is 0 Å². The summed E-state index contributed by atoms with van der Waals surface area (Å²) in [5.41, 5.74) is 0. The lowest BCUT2D eigenvalue weighted by molar-refractivity contribution is 0.927. The van der Waals surface area contributed by atoms with Crippen molar-refractivity contribution < 1.29 is 0 Å². The highest BCUT2D eigenvalue weighted by Gasteiger charge is 2.09. The van der Waals surface area contributed by atoms with E-state index < -0.39 is 9.06 Å². The molecule has 1 aromatic rings. The lowest BCUT2D eigenvalue weighted by atomic mass is 10.6. The van der Waals surface area contributed by atoms with E-state index in [2.05, 4.69) is 34.4 Å². The Balaban J connectivity index is 2.97. The van der Waals surface area contributed by atoms with Crippen molar-refractivity contribution in [2.45, 2.75) is 5.03 Å². The normalized spacial score (nSPS) is 13.1. The highest BCUT2D eigenvalue weighted by atomic mass is 33.1. The minimum Gasteiger partial charge on any atom is -0.158 e. The Morgan fingerprint density at radius 2 is 2.20 bits per heavy atom. The van der Waals surface area contributed by atoms with E-state index >= 15 is 0 Å². The van der Waals surface area contributed by atoms with E-state index in [1.54, 1.807) is 6.20 Å². The molecule has 0 atom stereocenters. The number of hydrogen-bond donors (Lipinski definition) is 1. The van der Waals surface area contributed by atoms with Crippen LogP contribution in [0.2, 0.25) is 0 Å². The van der Waals surface area contributed by atoms with Gasteiger partial charge in [-0.25, -0.2) is 0 Å². The smallest absolute Gasteiger partial charge is 0.110 e. The minimum absolute atomic E-state index is 0.982. The molecule has 0 fully saturated rings. The molecule has 56 valence electrons. The van der Waals surface area contributed by atoms with Crippen molar-refractivity contribution in [3.63, 3.8) is 0 Å². The van der Waals surface area contributed by atoms with Crippen LogP contribution < -0.4 is 0 Å². The number of thiol groups is 1. The second-order valence-corrected chi connectivity index (χ2v) is 8.04. The SMILES string of the molecule is CS(C)(S)c1cccnn1. The van der Waals surface area contributed by atoms with Crippen LogP contribution in [0.1, 0.15) is 0 Å². The van der Waals surface area contributed by atoms with Gasteiger partial charge in [0.25, 0.3) is 0 Å². The Morgan fingerprint density at radius 1 is 1.50 bits per heavy atom. The zero-order valence-corrected chi connectivity index (χ0v) is 7.69. The summed E-state index contributed by atoms with van der Waals surface area (Å²) in [6.45, 7) is 0. The van der Waals surface area contributed by atoms with Crippen molar-refractivity contribution in [1.82, 2.24) is 10.2 Å². The van der Waals surface area contributed by atoms with Crippen LogP contribution in [0.25, 0.3) is 0 Å². The predicted molar refractivity (Wildman–Crippen MR) is 48.7 cm³/mol. The second-order valence-electron chi connectivity index (χ2n) is 2.33. The maximum absolute atomic E-state index is 4.43. The molecule has 1 rings (SSSR count). The molecule has 0 amide bonds. The molecule has 0 radical (unpaired) electrons. The van der Waals surface area contributed by atoms with Gasteiger partial charge in [0.05, 0.1) is 0 Å². The van der Waals surface area contributed by atoms with Gasteiger partial charge >= 0.3 is 0 Å². The molecule has 0 spiro atoms. The monoisotopic (exact) mass is 174 g/mol. The fraction of sp³-hybridized carbons (Fsp3) is 0.333. The lowest BCUT2D eigenvalue weighted by Crippen LogP contribution is -1.92. The maximum atomic E-state index is 4.43. The van der Waals surface area contributed by atoms with Crippen molar-refractivity contribution in [1.29, 1.82) is 0 Å². The lowest BCUT2D eigenvalue weighted by Gasteiger charge is -2.21. The number of hydrogen-bond acceptors (Lipinski definition) is 3. The third kappa shape index (κ3) is 1.88. The zero-order valence-electron chi connectivity index (χ0n) is 5.98. The summed E-state index contributed by atoms with van der Waals surface area (Å²) >= 11 is 4.43. The third-order valence-corrected chi connectivity index (χ3v) is 2.86. The zero-order chi connectivity index (χ0) is 7.61. The highest BCUT2D eigenvalue weighted by molar-refractivity contribution is 8.87. The van der Waals surface area contributed by atoms with E-state index in [4.69, 9.17) is 0 Å². The van der Waals surface area contributed by atoms with Crippen LogP contribution in [0.15, 0.2) is 23.4 Å². The van der Waals surface area contributed by atoms with Crippen molar-refractivity contribution >= 4 is 20.7 Å². The molecule has 0 bridgehead atoms. The summed E-state index contributed by atoms with van der Waals surface area (Å²) < 4.78 is 0. The van der Waals surface area contributed by atoms with Crippen LogP contribution >= 0.6 is 20.7 Å². The van der Waals surface area contributed by atoms with E-state index in [-0.39, 0.29) is 0 Å². The molecular weight excluding hydrogens is 164 g/mol. The summed E-state index contributed by atoms with van der Waals surface area (Å²) in [4.78, 5) is 0. The molecule has 4 heteroatoms. The molecule has 1 aromatic heterocycles. The molecule has 0 aliphatic heterocycles. The highest BCUT2D eigenvalue weighted by Crippen LogP contribution is 2.51. The average Bonchev–Trinajstić information content (AvgIpc) is 1.88. The van der Waals surface area contributed by atoms with Gasteiger partial charge in [0, 0.05) is 6.20 Å². The van der Waals surface area contributed by atoms with Crippen molar-refractivity contribution in [3.05, 3.63) is 18.3 Å². The predicted octanol–water partition coefficient (Wildman–Crippen LogP) is 1.74. The molecule has 0 aliphatic carbocycles. The Bertz CT molecular complexity index is 205. The topological polar surface area (TPSA) is 25.8 Å². The molecule has 0 aromatic carbocycles. The van der Waals surface area contributed by atoms with E-state index in [0.29, 0.717) is 0 Å². The summed E-state index contributed by atoms with van der Waals surface area (Å²) in [6.07, 6.45) is 5.81. The van der Waals surface area contributed by atoms with Crippen LogP contribution in [-0.2, 0) is 0 Å². The van der Waals surface area contributed by atoms with Gasteiger partial charge in [0.2, 0.25) is 0 Å². The largest absolute Gasteiger partial charge is 0.158 e. The van der Waals surface area contributed by atoms with Gasteiger partial charge in [0.1, 0.15) is 5.03 Å². The maximum Gasteiger partial charge on any atom is 0.110 e. The summed E-state index contributed by atoms with van der Waals surface area (Å²) in [5, 5.41) is 8.72. The standard InChI is InChI=1S/C6H10N2S2/c1-10(2,9)6-4-3-5-7-8-6/h3-5,9H,1-2H3. The van der Waals surface area contributed by atoms with Gasteiger partial charge < -0.3 is 0 Å². The fourth-order valence-electron chi connectivity index (χ4n) is 0.554. The van der Waals surface area contributed by atoms with Crippen molar-refractivity contribution in [2.24, 2.45) is 0 Å². The van der Waals surface area contributed by atoms with Crippen LogP contribution in [0.5, 0.6) is 0 Å². The Hall–Kier alpha value is -0.220. The fourth-order valence-corrected chi connectivity index (χ4v) is 1.50. The third-order valence-electron chi connectivity index (χ3n) is 1.06. The molecular formula is C6H10N2S2. The van der Waals surface area contributed by atoms with Crippen molar-refractivity contribution in [3.8, 4) is 0 Å². The minimum atomic E-state index is -0.982. The van der Waals surface area contributed by atoms with E-state index in [9.17, 15) is 0 Å². The summed E-state index contributed by atoms with van der Waals surface area (Å²) in [6, 6.07) is 3.84. The average molecular weight is 174 g/mol. The first kappa shape index (κ1) is 7.88. The Morgan fingerprint density at radius 3 is 2.50 bits per heavy atom. The number of aromatic nitrogens is 2. The number of rotatable bonds is 1. The summed E-state index contributed by atoms with van der Waals surface area (Å²) in [5.74, 6) is 0. The van der Waals surface area contributed by atoms with Gasteiger partial charge in [-0.2, -0.15) is 14.2 Å². The molecule has 10 heavy (non-hydrogen) atoms. The molecule has 0 unspecified atom stereocenters. The van der Waals surface area contributed by atoms with E-state index in [1.165, 1.54) is 0 Å². The Labute approximate surface area is 67.2 Å². The molecule has 0 saturated heterocycles. The van der Waals surface area contributed by atoms with E-state index in [1.807, 2.05) is 12.1 Å². The van der Waals surface area contributed by atoms with Crippen LogP contribution in [-0.4, -0.2) is 22.7 Å². The molecule has 2 nitrogen and oxygen atoms in total. The summed E-state index contributed by atoms with van der Waals surface area (Å²) in [7, 11) is -0.982. The van der Waals surface area contributed by atoms with Gasteiger partial charge in [-0.3, -0.25) is 0 Å². The van der Waals surface area contributed by atoms with Gasteiger partial charge in [0.15, 0.2) is 0 Å². The van der Waals surface area contributed by atoms with Crippen LogP contribution in [0.4, 0.5) is 0 Å². The first-order valence-electron chi connectivity index (χ1n) is 2.84. The van der Waals surface area contributed by atoms with Crippen LogP contribution in [0.3, 0.4) is 0 Å². The Kier molecular flexibility index (Phi) is 2.21. The first-order chi connectivity index (χ1) is 4.61. The second kappa shape index (κ2) is 2.80. The molecule has 0 saturated carbocycles. The number of nitrogens with zero attached hydrogens (tertiary/aromatic N) is 2. The van der Waals surface area contributed by atoms with Crippen molar-refractivity contribution in [2.75, 3.05) is 12.5 Å². The molecule has 0 N–H and O–H groups in total. The van der Waals surface area contributed by atoms with Gasteiger partial charge in [-0.05, 0) is 24.6 Å². The molecule has 0 aliphatic rings. The first-order valence-corrected chi connectivity index (χ1v) is 6.34.